The second-order valence-corrected chi connectivity index (χ2v) is 5.89. The summed E-state index contributed by atoms with van der Waals surface area (Å²) in [5, 5.41) is 27.8. The Bertz CT molecular complexity index is 417. The molecule has 8 heteroatoms. The van der Waals surface area contributed by atoms with E-state index in [0.29, 0.717) is 10.7 Å². The van der Waals surface area contributed by atoms with Crippen LogP contribution < -0.4 is 4.74 Å². The van der Waals surface area contributed by atoms with Gasteiger partial charge in [-0.2, -0.15) is 0 Å². The monoisotopic (exact) mass is 562 g/mol. The first-order chi connectivity index (χ1) is 7.36. The maximum absolute atomic E-state index is 10.4. The van der Waals surface area contributed by atoms with Crippen LogP contribution in [0.2, 0.25) is 0 Å². The minimum absolute atomic E-state index is 0.112. The lowest BCUT2D eigenvalue weighted by Gasteiger charge is -2.12. The summed E-state index contributed by atoms with van der Waals surface area (Å²) >= 11 is 5.46. The van der Waals surface area contributed by atoms with Gasteiger partial charge in [-0.3, -0.25) is 0 Å². The van der Waals surface area contributed by atoms with E-state index in [0.717, 1.165) is 0 Å². The second-order valence-electron chi connectivity index (χ2n) is 2.65. The molecule has 0 saturated heterocycles. The van der Waals surface area contributed by atoms with Crippen molar-refractivity contribution in [1.82, 2.24) is 0 Å². The molecule has 0 radical (unpaired) electrons. The van der Waals surface area contributed by atoms with Gasteiger partial charge in [-0.1, -0.05) is 0 Å². The van der Waals surface area contributed by atoms with Crippen LogP contribution in [0.4, 0.5) is 0 Å². The Morgan fingerprint density at radius 3 is 1.88 bits per heavy atom. The van der Waals surface area contributed by atoms with E-state index < -0.39 is 12.6 Å². The van der Waals surface area contributed by atoms with E-state index in [1.54, 1.807) is 22.6 Å². The molecule has 88 valence electrons. The molecule has 0 unspecified atom stereocenters. The standard InChI is InChI=1S/C8H5I3O5/c9-3-6(14)4(10)8(5(11)7(3)15)16-1-2(12)13/h14-15H,1H2,(H,12,13). The zero-order chi connectivity index (χ0) is 12.5. The number of halogens is 3. The van der Waals surface area contributed by atoms with Crippen molar-refractivity contribution in [1.29, 1.82) is 0 Å². The summed E-state index contributed by atoms with van der Waals surface area (Å²) in [6.45, 7) is -0.522. The number of phenols is 2. The number of phenolic OH excluding ortho intramolecular Hbond substituents is 2. The molecule has 0 aliphatic carbocycles. The van der Waals surface area contributed by atoms with E-state index in [1.807, 2.05) is 45.2 Å². The Hall–Kier alpha value is 0.280. The molecule has 0 aliphatic rings. The molecule has 0 bridgehead atoms. The third kappa shape index (κ3) is 2.94. The lowest BCUT2D eigenvalue weighted by atomic mass is 10.3. The van der Waals surface area contributed by atoms with Gasteiger partial charge in [0.1, 0.15) is 11.5 Å². The first-order valence-electron chi connectivity index (χ1n) is 3.79. The predicted molar refractivity (Wildman–Crippen MR) is 81.1 cm³/mol. The number of hydrogen-bond donors (Lipinski definition) is 3. The Balaban J connectivity index is 3.23. The van der Waals surface area contributed by atoms with Gasteiger partial charge in [-0.05, 0) is 67.8 Å². The van der Waals surface area contributed by atoms with Crippen molar-refractivity contribution in [2.75, 3.05) is 6.61 Å². The summed E-state index contributed by atoms with van der Waals surface area (Å²) in [4.78, 5) is 10.4. The van der Waals surface area contributed by atoms with Gasteiger partial charge in [0.25, 0.3) is 0 Å². The smallest absolute Gasteiger partial charge is 0.341 e. The minimum atomic E-state index is -1.12. The van der Waals surface area contributed by atoms with Crippen molar-refractivity contribution in [2.24, 2.45) is 0 Å². The normalized spacial score (nSPS) is 10.2. The van der Waals surface area contributed by atoms with Gasteiger partial charge < -0.3 is 20.1 Å². The van der Waals surface area contributed by atoms with Crippen LogP contribution >= 0.6 is 67.8 Å². The van der Waals surface area contributed by atoms with Crippen LogP contribution in [-0.4, -0.2) is 27.9 Å². The van der Waals surface area contributed by atoms with Crippen LogP contribution in [0.1, 0.15) is 0 Å². The molecule has 5 nitrogen and oxygen atoms in total. The summed E-state index contributed by atoms with van der Waals surface area (Å²) in [6, 6.07) is 0. The van der Waals surface area contributed by atoms with Crippen LogP contribution in [0.25, 0.3) is 0 Å². The Morgan fingerprint density at radius 2 is 1.50 bits per heavy atom. The molecule has 3 N–H and O–H groups in total. The van der Waals surface area contributed by atoms with Crippen molar-refractivity contribution in [3.05, 3.63) is 10.7 Å². The van der Waals surface area contributed by atoms with Crippen LogP contribution in [0.5, 0.6) is 17.2 Å². The molecule has 16 heavy (non-hydrogen) atoms. The lowest BCUT2D eigenvalue weighted by molar-refractivity contribution is -0.139. The van der Waals surface area contributed by atoms with Crippen LogP contribution in [0, 0.1) is 10.7 Å². The Kier molecular flexibility index (Phi) is 5.15. The highest BCUT2D eigenvalue weighted by Crippen LogP contribution is 2.44. The maximum Gasteiger partial charge on any atom is 0.341 e. The van der Waals surface area contributed by atoms with Gasteiger partial charge >= 0.3 is 5.97 Å². The van der Waals surface area contributed by atoms with Crippen LogP contribution in [0.15, 0.2) is 0 Å². The van der Waals surface area contributed by atoms with Crippen molar-refractivity contribution in [3.63, 3.8) is 0 Å². The number of ether oxygens (including phenoxy) is 1. The molecule has 0 spiro atoms. The molecule has 0 heterocycles. The lowest BCUT2D eigenvalue weighted by Crippen LogP contribution is -2.11. The molecule has 0 fully saturated rings. The summed E-state index contributed by atoms with van der Waals surface area (Å²) < 4.78 is 6.08. The van der Waals surface area contributed by atoms with E-state index in [1.165, 1.54) is 0 Å². The first kappa shape index (κ1) is 14.3. The molecule has 0 saturated carbocycles. The number of carboxylic acids is 1. The molecule has 1 aromatic carbocycles. The van der Waals surface area contributed by atoms with Gasteiger partial charge in [0.15, 0.2) is 12.4 Å². The second kappa shape index (κ2) is 5.75. The maximum atomic E-state index is 10.4. The highest BCUT2D eigenvalue weighted by molar-refractivity contribution is 14.1. The van der Waals surface area contributed by atoms with Gasteiger partial charge in [-0.25, -0.2) is 4.79 Å². The van der Waals surface area contributed by atoms with Gasteiger partial charge in [0.2, 0.25) is 0 Å². The fraction of sp³-hybridized carbons (Fsp3) is 0.125. The van der Waals surface area contributed by atoms with Gasteiger partial charge in [-0.15, -0.1) is 0 Å². The molecular formula is C8H5I3O5. The fourth-order valence-electron chi connectivity index (χ4n) is 0.877. The summed E-state index contributed by atoms with van der Waals surface area (Å²) in [5.41, 5.74) is 0. The minimum Gasteiger partial charge on any atom is -0.505 e. The van der Waals surface area contributed by atoms with Crippen molar-refractivity contribution < 1.29 is 24.9 Å². The summed E-state index contributed by atoms with van der Waals surface area (Å²) in [7, 11) is 0. The first-order valence-corrected chi connectivity index (χ1v) is 7.02. The van der Waals surface area contributed by atoms with Crippen LogP contribution in [0.3, 0.4) is 0 Å². The Morgan fingerprint density at radius 1 is 1.06 bits per heavy atom. The third-order valence-electron chi connectivity index (χ3n) is 1.57. The van der Waals surface area contributed by atoms with E-state index in [-0.39, 0.29) is 17.2 Å². The molecule has 0 aromatic heterocycles. The highest BCUT2D eigenvalue weighted by atomic mass is 127. The topological polar surface area (TPSA) is 87.0 Å². The van der Waals surface area contributed by atoms with E-state index in [9.17, 15) is 15.0 Å². The average Bonchev–Trinajstić information content (AvgIpc) is 2.23. The van der Waals surface area contributed by atoms with Crippen molar-refractivity contribution in [2.45, 2.75) is 0 Å². The predicted octanol–water partition coefficient (Wildman–Crippen LogP) is 2.38. The number of aliphatic carboxylic acids is 1. The van der Waals surface area contributed by atoms with Gasteiger partial charge in [0.05, 0.1) is 10.7 Å². The molecule has 0 aliphatic heterocycles. The average molecular weight is 562 g/mol. The number of rotatable bonds is 3. The fourth-order valence-corrected chi connectivity index (χ4v) is 4.35. The van der Waals surface area contributed by atoms with Crippen molar-refractivity contribution in [3.8, 4) is 17.2 Å². The van der Waals surface area contributed by atoms with E-state index in [2.05, 4.69) is 0 Å². The highest BCUT2D eigenvalue weighted by Gasteiger charge is 2.21. The largest absolute Gasteiger partial charge is 0.505 e. The van der Waals surface area contributed by atoms with Crippen LogP contribution in [-0.2, 0) is 4.79 Å². The molecule has 0 amide bonds. The van der Waals surface area contributed by atoms with Gasteiger partial charge in [0, 0.05) is 0 Å². The molecule has 1 rings (SSSR count). The summed E-state index contributed by atoms with van der Waals surface area (Å²) in [5.74, 6) is -1.16. The quantitative estimate of drug-likeness (QED) is 0.494. The molecular weight excluding hydrogens is 557 g/mol. The summed E-state index contributed by atoms with van der Waals surface area (Å²) in [6.07, 6.45) is 0. The van der Waals surface area contributed by atoms with E-state index >= 15 is 0 Å². The SMILES string of the molecule is O=C(O)COc1c(I)c(O)c(I)c(O)c1I. The number of benzene rings is 1. The molecule has 1 aromatic rings. The van der Waals surface area contributed by atoms with E-state index in [4.69, 9.17) is 9.84 Å². The zero-order valence-corrected chi connectivity index (χ0v) is 14.0. The Labute approximate surface area is 132 Å². The number of carbonyl (C=O) groups is 1. The number of aromatic hydroxyl groups is 2. The number of carboxylic acid groups (broad SMARTS) is 1. The van der Waals surface area contributed by atoms with Crippen molar-refractivity contribution >= 4 is 73.7 Å². The zero-order valence-electron chi connectivity index (χ0n) is 7.50. The molecule has 0 atom stereocenters. The number of hydrogen-bond acceptors (Lipinski definition) is 4. The third-order valence-corrected chi connectivity index (χ3v) is 4.59.